The van der Waals surface area contributed by atoms with Crippen LogP contribution < -0.4 is 33.2 Å². The zero-order valence-corrected chi connectivity index (χ0v) is 26.5. The quantitative estimate of drug-likeness (QED) is 0.0678. The number of amides is 4. The summed E-state index contributed by atoms with van der Waals surface area (Å²) in [6, 6.07) is 11.6. The number of hydrogen-bond acceptors (Lipinski definition) is 7. The molecule has 2 aromatic heterocycles. The van der Waals surface area contributed by atoms with Gasteiger partial charge in [0, 0.05) is 32.1 Å². The summed E-state index contributed by atoms with van der Waals surface area (Å²) in [6.45, 7) is 5.18. The van der Waals surface area contributed by atoms with Gasteiger partial charge in [-0.2, -0.15) is 0 Å². The molecule has 0 radical (unpaired) electrons. The van der Waals surface area contributed by atoms with E-state index in [9.17, 15) is 29.1 Å². The standard InChI is InChI=1S/C32H41N9O6/c1-18(2)41-27(20-10-5-4-6-11-20)25(21-12-7-8-16-36-21)26(28(41)31(47)39-22(29(33)45)14-15-24(43)44)40-30(46)23(38-19(3)42)13-9-17-37-32(34)35/h4-8,10-12,16,18,22-23H,9,13-15,17H2,1-3H3,(H2,33,45)(H,38,42)(H,39,47)(H,40,46)(H,43,44)(H4,34,35,37). The van der Waals surface area contributed by atoms with Crippen LogP contribution in [0.1, 0.15) is 63.0 Å². The largest absolute Gasteiger partial charge is 0.481 e. The van der Waals surface area contributed by atoms with Crippen molar-refractivity contribution in [1.82, 2.24) is 20.2 Å². The van der Waals surface area contributed by atoms with E-state index in [2.05, 4.69) is 25.9 Å². The number of benzene rings is 1. The fraction of sp³-hybridized carbons (Fsp3) is 0.344. The summed E-state index contributed by atoms with van der Waals surface area (Å²) in [4.78, 5) is 72.3. The Balaban J connectivity index is 2.29. The molecule has 47 heavy (non-hydrogen) atoms. The van der Waals surface area contributed by atoms with Crippen molar-refractivity contribution >= 4 is 41.2 Å². The summed E-state index contributed by atoms with van der Waals surface area (Å²) in [5.74, 6) is -4.07. The zero-order valence-electron chi connectivity index (χ0n) is 26.5. The third kappa shape index (κ3) is 9.63. The maximum atomic E-state index is 14.2. The highest BCUT2D eigenvalue weighted by Crippen LogP contribution is 2.44. The molecule has 0 spiro atoms. The Morgan fingerprint density at radius 1 is 0.936 bits per heavy atom. The number of aromatic nitrogens is 2. The van der Waals surface area contributed by atoms with Crippen LogP contribution in [0.2, 0.25) is 0 Å². The van der Waals surface area contributed by atoms with Crippen LogP contribution in [0.3, 0.4) is 0 Å². The summed E-state index contributed by atoms with van der Waals surface area (Å²) in [5.41, 5.74) is 18.5. The van der Waals surface area contributed by atoms with E-state index in [-0.39, 0.29) is 42.8 Å². The number of nitrogens with zero attached hydrogens (tertiary/aromatic N) is 3. The van der Waals surface area contributed by atoms with Crippen molar-refractivity contribution in [3.63, 3.8) is 0 Å². The number of carboxylic acid groups (broad SMARTS) is 1. The minimum atomic E-state index is -1.32. The third-order valence-electron chi connectivity index (χ3n) is 7.09. The molecular formula is C32H41N9O6. The summed E-state index contributed by atoms with van der Waals surface area (Å²) in [7, 11) is 0. The molecule has 10 N–H and O–H groups in total. The van der Waals surface area contributed by atoms with E-state index in [1.165, 1.54) is 6.92 Å². The molecule has 1 aromatic carbocycles. The van der Waals surface area contributed by atoms with Crippen LogP contribution in [0.25, 0.3) is 22.5 Å². The Labute approximate surface area is 272 Å². The van der Waals surface area contributed by atoms with Crippen molar-refractivity contribution in [2.24, 2.45) is 22.2 Å². The minimum absolute atomic E-state index is 0.0310. The van der Waals surface area contributed by atoms with E-state index in [1.54, 1.807) is 29.0 Å². The molecule has 0 aliphatic heterocycles. The van der Waals surface area contributed by atoms with Crippen LogP contribution in [-0.4, -0.2) is 68.8 Å². The van der Waals surface area contributed by atoms with Crippen LogP contribution in [0.4, 0.5) is 5.69 Å². The molecule has 4 amide bonds. The van der Waals surface area contributed by atoms with Crippen LogP contribution in [0.5, 0.6) is 0 Å². The average molecular weight is 648 g/mol. The second kappa shape index (κ2) is 16.5. The molecule has 2 atom stereocenters. The van der Waals surface area contributed by atoms with Crippen LogP contribution in [0, 0.1) is 0 Å². The number of hydrogen-bond donors (Lipinski definition) is 7. The maximum Gasteiger partial charge on any atom is 0.303 e. The van der Waals surface area contributed by atoms with Crippen molar-refractivity contribution < 1.29 is 29.1 Å². The fourth-order valence-corrected chi connectivity index (χ4v) is 5.10. The number of nitrogens with one attached hydrogen (secondary N) is 3. The van der Waals surface area contributed by atoms with Crippen molar-refractivity contribution in [1.29, 1.82) is 0 Å². The molecule has 2 unspecified atom stereocenters. The minimum Gasteiger partial charge on any atom is -0.481 e. The molecule has 0 bridgehead atoms. The SMILES string of the molecule is CC(=O)NC(CCCN=C(N)N)C(=O)Nc1c(-c2ccccn2)c(-c2ccccc2)n(C(C)C)c1C(=O)NC(CCC(=O)O)C(N)=O. The molecule has 0 fully saturated rings. The summed E-state index contributed by atoms with van der Waals surface area (Å²) >= 11 is 0. The number of carbonyl (C=O) groups is 5. The first-order valence-electron chi connectivity index (χ1n) is 15.0. The molecule has 0 aliphatic rings. The topological polar surface area (TPSA) is 250 Å². The van der Waals surface area contributed by atoms with Crippen molar-refractivity contribution in [2.75, 3.05) is 11.9 Å². The van der Waals surface area contributed by atoms with Crippen LogP contribution >= 0.6 is 0 Å². The number of pyridine rings is 1. The number of primary amides is 1. The van der Waals surface area contributed by atoms with Gasteiger partial charge in [0.1, 0.15) is 17.8 Å². The highest BCUT2D eigenvalue weighted by Gasteiger charge is 2.34. The molecule has 250 valence electrons. The Morgan fingerprint density at radius 3 is 2.17 bits per heavy atom. The van der Waals surface area contributed by atoms with Gasteiger partial charge in [0.15, 0.2) is 5.96 Å². The van der Waals surface area contributed by atoms with Gasteiger partial charge in [0.05, 0.1) is 22.6 Å². The predicted octanol–water partition coefficient (Wildman–Crippen LogP) is 1.74. The number of nitrogens with two attached hydrogens (primary N) is 3. The van der Waals surface area contributed by atoms with E-state index in [4.69, 9.17) is 17.2 Å². The van der Waals surface area contributed by atoms with Gasteiger partial charge in [0.2, 0.25) is 17.7 Å². The molecule has 15 heteroatoms. The number of guanidine groups is 1. The van der Waals surface area contributed by atoms with Crippen LogP contribution in [-0.2, 0) is 19.2 Å². The number of carbonyl (C=O) groups excluding carboxylic acids is 4. The van der Waals surface area contributed by atoms with Gasteiger partial charge in [0.25, 0.3) is 5.91 Å². The van der Waals surface area contributed by atoms with E-state index < -0.39 is 48.1 Å². The highest BCUT2D eigenvalue weighted by atomic mass is 16.4. The van der Waals surface area contributed by atoms with E-state index in [0.717, 1.165) is 0 Å². The highest BCUT2D eigenvalue weighted by molar-refractivity contribution is 6.12. The number of anilines is 1. The third-order valence-corrected chi connectivity index (χ3v) is 7.09. The fourth-order valence-electron chi connectivity index (χ4n) is 5.10. The zero-order chi connectivity index (χ0) is 34.7. The molecule has 15 nitrogen and oxygen atoms in total. The lowest BCUT2D eigenvalue weighted by molar-refractivity contribution is -0.137. The average Bonchev–Trinajstić information content (AvgIpc) is 3.36. The molecule has 3 aromatic rings. The van der Waals surface area contributed by atoms with Crippen molar-refractivity contribution in [2.45, 2.75) is 64.6 Å². The number of rotatable bonds is 16. The van der Waals surface area contributed by atoms with Gasteiger partial charge in [-0.25, -0.2) is 0 Å². The smallest absolute Gasteiger partial charge is 0.303 e. The summed E-state index contributed by atoms with van der Waals surface area (Å²) in [5, 5.41) is 17.3. The Bertz CT molecular complexity index is 1620. The van der Waals surface area contributed by atoms with Crippen molar-refractivity contribution in [3.8, 4) is 22.5 Å². The maximum absolute atomic E-state index is 14.2. The normalized spacial score (nSPS) is 12.1. The van der Waals surface area contributed by atoms with Gasteiger partial charge >= 0.3 is 5.97 Å². The first kappa shape index (κ1) is 35.7. The lowest BCUT2D eigenvalue weighted by Crippen LogP contribution is -2.46. The van der Waals surface area contributed by atoms with Crippen LogP contribution in [0.15, 0.2) is 59.7 Å². The second-order valence-corrected chi connectivity index (χ2v) is 11.0. The first-order chi connectivity index (χ1) is 22.3. The summed E-state index contributed by atoms with van der Waals surface area (Å²) < 4.78 is 1.71. The Kier molecular flexibility index (Phi) is 12.6. The first-order valence-corrected chi connectivity index (χ1v) is 15.0. The molecular weight excluding hydrogens is 606 g/mol. The van der Waals surface area contributed by atoms with E-state index in [1.807, 2.05) is 44.2 Å². The van der Waals surface area contributed by atoms with E-state index >= 15 is 0 Å². The van der Waals surface area contributed by atoms with Gasteiger partial charge in [-0.05, 0) is 50.8 Å². The second-order valence-electron chi connectivity index (χ2n) is 11.0. The Hall–Kier alpha value is -5.73. The van der Waals surface area contributed by atoms with Crippen molar-refractivity contribution in [3.05, 3.63) is 60.4 Å². The van der Waals surface area contributed by atoms with Gasteiger partial charge < -0.3 is 42.8 Å². The monoisotopic (exact) mass is 647 g/mol. The van der Waals surface area contributed by atoms with Gasteiger partial charge in [-0.3, -0.25) is 33.9 Å². The van der Waals surface area contributed by atoms with Gasteiger partial charge in [-0.1, -0.05) is 36.4 Å². The predicted molar refractivity (Wildman–Crippen MR) is 177 cm³/mol. The number of aliphatic carboxylic acids is 1. The number of carboxylic acids is 1. The van der Waals surface area contributed by atoms with Gasteiger partial charge in [-0.15, -0.1) is 0 Å². The Morgan fingerprint density at radius 2 is 1.62 bits per heavy atom. The number of aliphatic imine (C=N–C) groups is 1. The van der Waals surface area contributed by atoms with E-state index in [0.29, 0.717) is 28.9 Å². The lowest BCUT2D eigenvalue weighted by Gasteiger charge is -2.21. The molecule has 0 aliphatic carbocycles. The molecule has 2 heterocycles. The lowest BCUT2D eigenvalue weighted by atomic mass is 10.0. The molecule has 3 rings (SSSR count). The molecule has 0 saturated heterocycles. The summed E-state index contributed by atoms with van der Waals surface area (Å²) in [6.07, 6.45) is 1.41. The molecule has 0 saturated carbocycles.